The van der Waals surface area contributed by atoms with Crippen LogP contribution in [0.2, 0.25) is 0 Å². The Kier molecular flexibility index (Phi) is 4.09. The molecule has 0 atom stereocenters. The van der Waals surface area contributed by atoms with Crippen LogP contribution in [0.5, 0.6) is 0 Å². The standard InChI is InChI=1S/C17H18N2O3S/c1-2-3-12-4-7-15(8-5-12)23(21,22)19-14-6-9-16-13(10-14)11-17(20)18-16/h4-10,19H,2-3,11H2,1H3,(H,18,20). The zero-order valence-corrected chi connectivity index (χ0v) is 13.6. The molecule has 0 bridgehead atoms. The van der Waals surface area contributed by atoms with Crippen molar-refractivity contribution in [3.63, 3.8) is 0 Å². The molecular formula is C17H18N2O3S. The molecule has 0 aliphatic carbocycles. The van der Waals surface area contributed by atoms with Crippen LogP contribution in [0.15, 0.2) is 47.4 Å². The van der Waals surface area contributed by atoms with Gasteiger partial charge >= 0.3 is 0 Å². The van der Waals surface area contributed by atoms with Crippen LogP contribution >= 0.6 is 0 Å². The maximum atomic E-state index is 12.4. The minimum absolute atomic E-state index is 0.0773. The molecule has 2 aromatic rings. The Morgan fingerprint density at radius 1 is 1.13 bits per heavy atom. The second-order valence-corrected chi connectivity index (χ2v) is 7.28. The molecule has 0 unspecified atom stereocenters. The highest BCUT2D eigenvalue weighted by Crippen LogP contribution is 2.27. The molecule has 6 heteroatoms. The van der Waals surface area contributed by atoms with Gasteiger partial charge in [0.1, 0.15) is 0 Å². The van der Waals surface area contributed by atoms with E-state index in [1.165, 1.54) is 0 Å². The van der Waals surface area contributed by atoms with E-state index in [4.69, 9.17) is 0 Å². The van der Waals surface area contributed by atoms with E-state index in [0.717, 1.165) is 29.7 Å². The van der Waals surface area contributed by atoms with E-state index in [-0.39, 0.29) is 17.2 Å². The van der Waals surface area contributed by atoms with Crippen molar-refractivity contribution in [1.29, 1.82) is 0 Å². The van der Waals surface area contributed by atoms with Crippen LogP contribution in [0.3, 0.4) is 0 Å². The van der Waals surface area contributed by atoms with Crippen molar-refractivity contribution in [2.75, 3.05) is 10.0 Å². The maximum absolute atomic E-state index is 12.4. The highest BCUT2D eigenvalue weighted by atomic mass is 32.2. The molecule has 1 aliphatic rings. The molecule has 0 radical (unpaired) electrons. The van der Waals surface area contributed by atoms with E-state index in [2.05, 4.69) is 17.0 Å². The number of carbonyl (C=O) groups excluding carboxylic acids is 1. The zero-order chi connectivity index (χ0) is 16.4. The lowest BCUT2D eigenvalue weighted by atomic mass is 10.1. The number of fused-ring (bicyclic) bond motifs is 1. The average molecular weight is 330 g/mol. The van der Waals surface area contributed by atoms with Gasteiger partial charge in [-0.25, -0.2) is 8.42 Å². The van der Waals surface area contributed by atoms with Crippen molar-refractivity contribution in [2.24, 2.45) is 0 Å². The fourth-order valence-corrected chi connectivity index (χ4v) is 3.68. The minimum Gasteiger partial charge on any atom is -0.326 e. The molecule has 2 aromatic carbocycles. The molecule has 0 saturated carbocycles. The molecule has 23 heavy (non-hydrogen) atoms. The Balaban J connectivity index is 1.81. The van der Waals surface area contributed by atoms with Gasteiger partial charge in [-0.15, -0.1) is 0 Å². The first-order valence-corrected chi connectivity index (χ1v) is 9.01. The van der Waals surface area contributed by atoms with E-state index in [9.17, 15) is 13.2 Å². The molecule has 1 amide bonds. The van der Waals surface area contributed by atoms with Crippen LogP contribution in [0.1, 0.15) is 24.5 Å². The first kappa shape index (κ1) is 15.6. The molecule has 0 fully saturated rings. The first-order chi connectivity index (χ1) is 11.0. The molecule has 0 aromatic heterocycles. The fraction of sp³-hybridized carbons (Fsp3) is 0.235. The topological polar surface area (TPSA) is 75.3 Å². The minimum atomic E-state index is -3.63. The molecule has 3 rings (SSSR count). The monoisotopic (exact) mass is 330 g/mol. The molecular weight excluding hydrogens is 312 g/mol. The summed E-state index contributed by atoms with van der Waals surface area (Å²) in [4.78, 5) is 11.6. The summed E-state index contributed by atoms with van der Waals surface area (Å²) in [6.07, 6.45) is 2.22. The van der Waals surface area contributed by atoms with Crippen LogP contribution < -0.4 is 10.0 Å². The van der Waals surface area contributed by atoms with Gasteiger partial charge in [-0.05, 0) is 47.9 Å². The predicted octanol–water partition coefficient (Wildman–Crippen LogP) is 2.93. The van der Waals surface area contributed by atoms with Gasteiger partial charge in [0, 0.05) is 11.4 Å². The van der Waals surface area contributed by atoms with Crippen LogP contribution in [-0.4, -0.2) is 14.3 Å². The Bertz CT molecular complexity index is 843. The van der Waals surface area contributed by atoms with Gasteiger partial charge in [-0.2, -0.15) is 0 Å². The van der Waals surface area contributed by atoms with Gasteiger partial charge in [-0.1, -0.05) is 25.5 Å². The summed E-state index contributed by atoms with van der Waals surface area (Å²) in [7, 11) is -3.63. The predicted molar refractivity (Wildman–Crippen MR) is 90.0 cm³/mol. The van der Waals surface area contributed by atoms with Crippen LogP contribution in [0.4, 0.5) is 11.4 Å². The zero-order valence-electron chi connectivity index (χ0n) is 12.8. The lowest BCUT2D eigenvalue weighted by molar-refractivity contribution is -0.115. The van der Waals surface area contributed by atoms with Crippen molar-refractivity contribution >= 4 is 27.3 Å². The van der Waals surface area contributed by atoms with E-state index < -0.39 is 10.0 Å². The molecule has 2 N–H and O–H groups in total. The Hall–Kier alpha value is -2.34. The number of amides is 1. The number of hydrogen-bond donors (Lipinski definition) is 2. The van der Waals surface area contributed by atoms with E-state index in [0.29, 0.717) is 5.69 Å². The lowest BCUT2D eigenvalue weighted by Crippen LogP contribution is -2.13. The summed E-state index contributed by atoms with van der Waals surface area (Å²) in [6.45, 7) is 2.08. The van der Waals surface area contributed by atoms with Crippen molar-refractivity contribution in [3.8, 4) is 0 Å². The highest BCUT2D eigenvalue weighted by Gasteiger charge is 2.19. The summed E-state index contributed by atoms with van der Waals surface area (Å²) in [5.74, 6) is -0.0773. The smallest absolute Gasteiger partial charge is 0.261 e. The van der Waals surface area contributed by atoms with Crippen molar-refractivity contribution in [2.45, 2.75) is 31.1 Å². The van der Waals surface area contributed by atoms with Gasteiger partial charge in [0.25, 0.3) is 10.0 Å². The summed E-state index contributed by atoms with van der Waals surface area (Å²) < 4.78 is 27.4. The Labute approximate surface area is 135 Å². The molecule has 1 heterocycles. The summed E-state index contributed by atoms with van der Waals surface area (Å²) >= 11 is 0. The lowest BCUT2D eigenvalue weighted by Gasteiger charge is -2.10. The fourth-order valence-electron chi connectivity index (χ4n) is 2.63. The highest BCUT2D eigenvalue weighted by molar-refractivity contribution is 7.92. The second-order valence-electron chi connectivity index (χ2n) is 5.60. The normalized spacial score (nSPS) is 13.5. The van der Waals surface area contributed by atoms with Gasteiger partial charge in [0.15, 0.2) is 0 Å². The van der Waals surface area contributed by atoms with Crippen LogP contribution in [0.25, 0.3) is 0 Å². The molecule has 0 spiro atoms. The third kappa shape index (κ3) is 3.37. The van der Waals surface area contributed by atoms with Gasteiger partial charge in [0.05, 0.1) is 11.3 Å². The number of hydrogen-bond acceptors (Lipinski definition) is 3. The third-order valence-electron chi connectivity index (χ3n) is 3.75. The first-order valence-electron chi connectivity index (χ1n) is 7.52. The molecule has 5 nitrogen and oxygen atoms in total. The average Bonchev–Trinajstić information content (AvgIpc) is 2.87. The quantitative estimate of drug-likeness (QED) is 0.885. The van der Waals surface area contributed by atoms with E-state index >= 15 is 0 Å². The van der Waals surface area contributed by atoms with Crippen LogP contribution in [0, 0.1) is 0 Å². The van der Waals surface area contributed by atoms with Crippen molar-refractivity contribution in [3.05, 3.63) is 53.6 Å². The molecule has 1 aliphatic heterocycles. The molecule has 0 saturated heterocycles. The number of nitrogens with one attached hydrogen (secondary N) is 2. The van der Waals surface area contributed by atoms with E-state index in [1.54, 1.807) is 30.3 Å². The third-order valence-corrected chi connectivity index (χ3v) is 5.15. The number of sulfonamides is 1. The second kappa shape index (κ2) is 6.04. The Morgan fingerprint density at radius 3 is 2.57 bits per heavy atom. The number of aryl methyl sites for hydroxylation is 1. The maximum Gasteiger partial charge on any atom is 0.261 e. The molecule has 120 valence electrons. The van der Waals surface area contributed by atoms with Gasteiger partial charge in [-0.3, -0.25) is 9.52 Å². The van der Waals surface area contributed by atoms with Gasteiger partial charge < -0.3 is 5.32 Å². The summed E-state index contributed by atoms with van der Waals surface area (Å²) in [5, 5.41) is 2.72. The van der Waals surface area contributed by atoms with Crippen LogP contribution in [-0.2, 0) is 27.7 Å². The summed E-state index contributed by atoms with van der Waals surface area (Å²) in [6, 6.07) is 12.0. The van der Waals surface area contributed by atoms with Crippen molar-refractivity contribution < 1.29 is 13.2 Å². The van der Waals surface area contributed by atoms with E-state index in [1.807, 2.05) is 12.1 Å². The largest absolute Gasteiger partial charge is 0.326 e. The Morgan fingerprint density at radius 2 is 1.87 bits per heavy atom. The SMILES string of the molecule is CCCc1ccc(S(=O)(=O)Nc2ccc3c(c2)CC(=O)N3)cc1. The number of rotatable bonds is 5. The number of anilines is 2. The summed E-state index contributed by atoms with van der Waals surface area (Å²) in [5.41, 5.74) is 3.11. The van der Waals surface area contributed by atoms with Gasteiger partial charge in [0.2, 0.25) is 5.91 Å². The number of carbonyl (C=O) groups is 1. The van der Waals surface area contributed by atoms with Crippen molar-refractivity contribution in [1.82, 2.24) is 0 Å². The number of benzene rings is 2.